The van der Waals surface area contributed by atoms with Crippen LogP contribution in [0.1, 0.15) is 33.1 Å². The van der Waals surface area contributed by atoms with Crippen molar-refractivity contribution in [2.45, 2.75) is 39.2 Å². The summed E-state index contributed by atoms with van der Waals surface area (Å²) in [5.74, 6) is 1.45. The molecule has 0 radical (unpaired) electrons. The number of rotatable bonds is 5. The molecule has 1 aromatic heterocycles. The second kappa shape index (κ2) is 5.21. The van der Waals surface area contributed by atoms with Gasteiger partial charge in [-0.1, -0.05) is 13.8 Å². The largest absolute Gasteiger partial charge is 0.352 e. The van der Waals surface area contributed by atoms with Gasteiger partial charge in [-0.15, -0.1) is 0 Å². The lowest BCUT2D eigenvalue weighted by Crippen LogP contribution is -2.30. The van der Waals surface area contributed by atoms with E-state index in [0.717, 1.165) is 18.8 Å². The molecule has 0 aromatic carbocycles. The quantitative estimate of drug-likeness (QED) is 0.909. The van der Waals surface area contributed by atoms with E-state index >= 15 is 0 Å². The van der Waals surface area contributed by atoms with Crippen LogP contribution in [0.3, 0.4) is 0 Å². The maximum Gasteiger partial charge on any atom is 0.267 e. The van der Waals surface area contributed by atoms with E-state index < -0.39 is 0 Å². The number of nitrogens with zero attached hydrogens (tertiary/aromatic N) is 2. The van der Waals surface area contributed by atoms with Crippen molar-refractivity contribution in [2.75, 3.05) is 11.4 Å². The van der Waals surface area contributed by atoms with Crippen molar-refractivity contribution in [2.24, 2.45) is 5.92 Å². The molecule has 0 atom stereocenters. The zero-order chi connectivity index (χ0) is 12.4. The molecule has 17 heavy (non-hydrogen) atoms. The van der Waals surface area contributed by atoms with Crippen LogP contribution in [0.4, 0.5) is 5.82 Å². The van der Waals surface area contributed by atoms with Crippen LogP contribution in [0.2, 0.25) is 0 Å². The summed E-state index contributed by atoms with van der Waals surface area (Å²) in [7, 11) is 0. The summed E-state index contributed by atoms with van der Waals surface area (Å²) in [6.45, 7) is 5.40. The third kappa shape index (κ3) is 3.09. The lowest BCUT2D eigenvalue weighted by Gasteiger charge is -2.24. The number of hydrogen-bond donors (Lipinski definition) is 1. The van der Waals surface area contributed by atoms with E-state index in [2.05, 4.69) is 44.6 Å². The van der Waals surface area contributed by atoms with Gasteiger partial charge in [-0.05, 0) is 41.1 Å². The fourth-order valence-corrected chi connectivity index (χ4v) is 2.26. The molecular weight excluding hydrogens is 282 g/mol. The Morgan fingerprint density at radius 2 is 2.29 bits per heavy atom. The zero-order valence-corrected chi connectivity index (χ0v) is 11.8. The molecule has 1 heterocycles. The normalized spacial score (nSPS) is 15.3. The van der Waals surface area contributed by atoms with Gasteiger partial charge in [0.2, 0.25) is 0 Å². The maximum absolute atomic E-state index is 11.6. The number of nitrogens with one attached hydrogen (secondary N) is 1. The molecule has 0 bridgehead atoms. The molecule has 1 aliphatic rings. The van der Waals surface area contributed by atoms with Crippen molar-refractivity contribution in [3.63, 3.8) is 0 Å². The van der Waals surface area contributed by atoms with Crippen LogP contribution in [0.15, 0.2) is 15.6 Å². The van der Waals surface area contributed by atoms with Gasteiger partial charge in [-0.25, -0.2) is 4.98 Å². The Kier molecular flexibility index (Phi) is 3.86. The number of H-pyrrole nitrogens is 1. The summed E-state index contributed by atoms with van der Waals surface area (Å²) in [5, 5.41) is 0. The van der Waals surface area contributed by atoms with E-state index in [1.165, 1.54) is 19.2 Å². The van der Waals surface area contributed by atoms with E-state index in [-0.39, 0.29) is 5.56 Å². The standard InChI is InChI=1S/C12H18BrN3O/c1-8(2)5-6-16(9-3-4-9)11-10(13)12(17)15-7-14-11/h7-9H,3-6H2,1-2H3,(H,14,15,17). The number of anilines is 1. The van der Waals surface area contributed by atoms with Crippen molar-refractivity contribution in [3.8, 4) is 0 Å². The highest BCUT2D eigenvalue weighted by atomic mass is 79.9. The van der Waals surface area contributed by atoms with Crippen LogP contribution in [-0.4, -0.2) is 22.6 Å². The number of hydrogen-bond acceptors (Lipinski definition) is 3. The Labute approximate surface area is 110 Å². The zero-order valence-electron chi connectivity index (χ0n) is 10.2. The molecule has 0 saturated heterocycles. The third-order valence-electron chi connectivity index (χ3n) is 2.99. The Balaban J connectivity index is 2.20. The van der Waals surface area contributed by atoms with Crippen LogP contribution in [0, 0.1) is 5.92 Å². The molecule has 1 N–H and O–H groups in total. The molecule has 4 nitrogen and oxygen atoms in total. The first-order chi connectivity index (χ1) is 8.09. The molecule has 1 fully saturated rings. The molecule has 0 spiro atoms. The van der Waals surface area contributed by atoms with Crippen molar-refractivity contribution in [1.82, 2.24) is 9.97 Å². The highest BCUT2D eigenvalue weighted by Crippen LogP contribution is 2.33. The number of halogens is 1. The minimum atomic E-state index is -0.106. The molecule has 1 aliphatic carbocycles. The number of aromatic amines is 1. The summed E-state index contributed by atoms with van der Waals surface area (Å²) in [6.07, 6.45) is 5.02. The predicted molar refractivity (Wildman–Crippen MR) is 72.4 cm³/mol. The monoisotopic (exact) mass is 299 g/mol. The second-order valence-electron chi connectivity index (χ2n) is 4.98. The van der Waals surface area contributed by atoms with E-state index in [9.17, 15) is 4.79 Å². The fourth-order valence-electron chi connectivity index (χ4n) is 1.82. The van der Waals surface area contributed by atoms with E-state index in [1.807, 2.05) is 0 Å². The van der Waals surface area contributed by atoms with E-state index in [0.29, 0.717) is 16.4 Å². The average Bonchev–Trinajstić information content (AvgIpc) is 3.08. The minimum absolute atomic E-state index is 0.106. The Hall–Kier alpha value is -0.840. The van der Waals surface area contributed by atoms with Gasteiger partial charge in [0.05, 0.1) is 6.33 Å². The summed E-state index contributed by atoms with van der Waals surface area (Å²) in [4.78, 5) is 20.7. The van der Waals surface area contributed by atoms with Gasteiger partial charge in [0.25, 0.3) is 5.56 Å². The van der Waals surface area contributed by atoms with Crippen LogP contribution in [0.5, 0.6) is 0 Å². The van der Waals surface area contributed by atoms with Crippen LogP contribution in [-0.2, 0) is 0 Å². The lowest BCUT2D eigenvalue weighted by molar-refractivity contribution is 0.567. The minimum Gasteiger partial charge on any atom is -0.352 e. The topological polar surface area (TPSA) is 49.0 Å². The summed E-state index contributed by atoms with van der Waals surface area (Å²) >= 11 is 3.34. The summed E-state index contributed by atoms with van der Waals surface area (Å²) in [6, 6.07) is 0.569. The Bertz CT molecular complexity index is 440. The van der Waals surface area contributed by atoms with E-state index in [1.54, 1.807) is 0 Å². The molecule has 0 amide bonds. The Morgan fingerprint density at radius 3 is 2.88 bits per heavy atom. The first-order valence-electron chi connectivity index (χ1n) is 6.09. The van der Waals surface area contributed by atoms with Gasteiger partial charge in [0.1, 0.15) is 4.47 Å². The van der Waals surface area contributed by atoms with Gasteiger partial charge in [0, 0.05) is 12.6 Å². The van der Waals surface area contributed by atoms with Gasteiger partial charge in [-0.2, -0.15) is 0 Å². The summed E-state index contributed by atoms with van der Waals surface area (Å²) < 4.78 is 0.552. The maximum atomic E-state index is 11.6. The average molecular weight is 300 g/mol. The SMILES string of the molecule is CC(C)CCN(c1nc[nH]c(=O)c1Br)C1CC1. The molecule has 94 valence electrons. The molecule has 0 unspecified atom stereocenters. The number of aromatic nitrogens is 2. The molecule has 1 saturated carbocycles. The molecule has 5 heteroatoms. The first kappa shape index (κ1) is 12.6. The summed E-state index contributed by atoms with van der Waals surface area (Å²) in [5.41, 5.74) is -0.106. The van der Waals surface area contributed by atoms with Gasteiger partial charge < -0.3 is 9.88 Å². The van der Waals surface area contributed by atoms with Gasteiger partial charge in [-0.3, -0.25) is 4.79 Å². The first-order valence-corrected chi connectivity index (χ1v) is 6.88. The van der Waals surface area contributed by atoms with Crippen molar-refractivity contribution in [1.29, 1.82) is 0 Å². The van der Waals surface area contributed by atoms with Crippen LogP contribution in [0.25, 0.3) is 0 Å². The molecule has 2 rings (SSSR count). The fraction of sp³-hybridized carbons (Fsp3) is 0.667. The van der Waals surface area contributed by atoms with Crippen molar-refractivity contribution in [3.05, 3.63) is 21.2 Å². The van der Waals surface area contributed by atoms with Crippen molar-refractivity contribution < 1.29 is 0 Å². The Morgan fingerprint density at radius 1 is 1.59 bits per heavy atom. The van der Waals surface area contributed by atoms with Gasteiger partial charge >= 0.3 is 0 Å². The smallest absolute Gasteiger partial charge is 0.267 e. The van der Waals surface area contributed by atoms with Crippen LogP contribution >= 0.6 is 15.9 Å². The molecular formula is C12H18BrN3O. The highest BCUT2D eigenvalue weighted by molar-refractivity contribution is 9.10. The highest BCUT2D eigenvalue weighted by Gasteiger charge is 2.31. The van der Waals surface area contributed by atoms with Crippen molar-refractivity contribution >= 4 is 21.7 Å². The lowest BCUT2D eigenvalue weighted by atomic mass is 10.1. The van der Waals surface area contributed by atoms with E-state index in [4.69, 9.17) is 0 Å². The van der Waals surface area contributed by atoms with Crippen LogP contribution < -0.4 is 10.5 Å². The second-order valence-corrected chi connectivity index (χ2v) is 5.77. The van der Waals surface area contributed by atoms with Gasteiger partial charge in [0.15, 0.2) is 5.82 Å². The third-order valence-corrected chi connectivity index (χ3v) is 3.70. The molecule has 1 aromatic rings. The predicted octanol–water partition coefficient (Wildman–Crippen LogP) is 2.55. The molecule has 0 aliphatic heterocycles.